The van der Waals surface area contributed by atoms with Crippen LogP contribution in [0.3, 0.4) is 0 Å². The minimum Gasteiger partial charge on any atom is -0.444 e. The number of hydrogen-bond acceptors (Lipinski definition) is 5. The maximum Gasteiger partial charge on any atom is 0.425 e. The number of carbonyl (C=O) groups excluding carboxylic acids is 1. The van der Waals surface area contributed by atoms with Crippen molar-refractivity contribution in [2.24, 2.45) is 0 Å². The summed E-state index contributed by atoms with van der Waals surface area (Å²) in [6.07, 6.45) is -3.84. The topological polar surface area (TPSA) is 59.0 Å². The van der Waals surface area contributed by atoms with Gasteiger partial charge in [0, 0.05) is 35.4 Å². The smallest absolute Gasteiger partial charge is 0.425 e. The fourth-order valence-electron chi connectivity index (χ4n) is 4.59. The first-order chi connectivity index (χ1) is 13.3. The molecule has 2 unspecified atom stereocenters. The summed E-state index contributed by atoms with van der Waals surface area (Å²) in [4.78, 5) is 14.1. The molecule has 0 aliphatic carbocycles. The zero-order chi connectivity index (χ0) is 21.8. The number of fused-ring (bicyclic) bond motifs is 2. The summed E-state index contributed by atoms with van der Waals surface area (Å²) in [7, 11) is 0. The molecule has 2 aliphatic rings. The predicted octanol–water partition coefficient (Wildman–Crippen LogP) is 4.84. The first kappa shape index (κ1) is 22.4. The molecule has 1 aromatic rings. The summed E-state index contributed by atoms with van der Waals surface area (Å²) < 4.78 is 52.3. The van der Waals surface area contributed by atoms with Crippen LogP contribution in [0.15, 0.2) is 0 Å². The number of thiophene rings is 1. The molecular weight excluding hydrogens is 407 g/mol. The molecule has 9 heteroatoms. The van der Waals surface area contributed by atoms with E-state index in [4.69, 9.17) is 9.47 Å². The van der Waals surface area contributed by atoms with Crippen molar-refractivity contribution in [3.8, 4) is 0 Å². The van der Waals surface area contributed by atoms with Crippen LogP contribution in [0.25, 0.3) is 0 Å². The van der Waals surface area contributed by atoms with Crippen LogP contribution in [0, 0.1) is 0 Å². The van der Waals surface area contributed by atoms with E-state index < -0.39 is 35.0 Å². The molecule has 0 radical (unpaired) electrons. The van der Waals surface area contributed by atoms with E-state index in [1.165, 1.54) is 0 Å². The average Bonchev–Trinajstić information content (AvgIpc) is 2.93. The summed E-state index contributed by atoms with van der Waals surface area (Å²) in [6, 6.07) is -0.540. The van der Waals surface area contributed by atoms with Crippen LogP contribution < -0.4 is 0 Å². The normalized spacial score (nSPS) is 27.8. The molecule has 2 aliphatic heterocycles. The molecule has 1 spiro atoms. The molecule has 3 heterocycles. The highest BCUT2D eigenvalue weighted by Crippen LogP contribution is 2.52. The number of aliphatic hydroxyl groups excluding tert-OH is 1. The van der Waals surface area contributed by atoms with Gasteiger partial charge >= 0.3 is 12.3 Å². The molecule has 3 rings (SSSR count). The van der Waals surface area contributed by atoms with E-state index in [0.29, 0.717) is 47.6 Å². The van der Waals surface area contributed by atoms with Gasteiger partial charge in [0.15, 0.2) is 0 Å². The molecule has 1 aromatic heterocycles. The minimum atomic E-state index is -4.52. The van der Waals surface area contributed by atoms with Crippen molar-refractivity contribution >= 4 is 17.4 Å². The Morgan fingerprint density at radius 1 is 1.28 bits per heavy atom. The highest BCUT2D eigenvalue weighted by atomic mass is 32.1. The number of aliphatic hydroxyl groups is 1. The van der Waals surface area contributed by atoms with E-state index in [-0.39, 0.29) is 17.6 Å². The lowest BCUT2D eigenvalue weighted by atomic mass is 9.78. The number of likely N-dealkylation sites (tertiary alicyclic amines) is 1. The number of nitrogens with zero attached hydrogens (tertiary/aromatic N) is 1. The van der Waals surface area contributed by atoms with Gasteiger partial charge in [0.1, 0.15) is 16.1 Å². The van der Waals surface area contributed by atoms with E-state index in [2.05, 4.69) is 0 Å². The van der Waals surface area contributed by atoms with Gasteiger partial charge in [-0.1, -0.05) is 0 Å². The van der Waals surface area contributed by atoms with E-state index in [9.17, 15) is 23.1 Å². The lowest BCUT2D eigenvalue weighted by molar-refractivity contribution is -0.135. The number of alkyl halides is 3. The monoisotopic (exact) mass is 435 g/mol. The number of halogens is 3. The van der Waals surface area contributed by atoms with Crippen molar-refractivity contribution in [2.75, 3.05) is 6.61 Å². The number of hydrogen-bond donors (Lipinski definition) is 1. The second-order valence-corrected chi connectivity index (χ2v) is 9.98. The highest BCUT2D eigenvalue weighted by Gasteiger charge is 2.51. The van der Waals surface area contributed by atoms with Gasteiger partial charge in [0.05, 0.1) is 13.2 Å². The number of ether oxygens (including phenoxy) is 2. The lowest BCUT2D eigenvalue weighted by Crippen LogP contribution is -2.57. The average molecular weight is 436 g/mol. The SMILES string of the molecule is CC1CC2(CC(C)N1C(=O)OC(C)(C)C)OCCc1c2sc(C(F)(F)F)c1CO. The Balaban J connectivity index is 1.97. The number of carbonyl (C=O) groups is 1. The molecule has 164 valence electrons. The Kier molecular flexibility index (Phi) is 5.73. The Labute approximate surface area is 172 Å². The first-order valence-electron chi connectivity index (χ1n) is 9.77. The molecule has 1 saturated heterocycles. The molecular formula is C20H28F3NO4S. The summed E-state index contributed by atoms with van der Waals surface area (Å²) in [6.45, 7) is 8.76. The first-order valence-corrected chi connectivity index (χ1v) is 10.6. The van der Waals surface area contributed by atoms with Crippen molar-refractivity contribution in [3.63, 3.8) is 0 Å². The van der Waals surface area contributed by atoms with Crippen LogP contribution in [0.4, 0.5) is 18.0 Å². The number of rotatable bonds is 1. The van der Waals surface area contributed by atoms with Crippen LogP contribution >= 0.6 is 11.3 Å². The fraction of sp³-hybridized carbons (Fsp3) is 0.750. The zero-order valence-electron chi connectivity index (χ0n) is 17.4. The number of amides is 1. The number of piperidine rings is 1. The Bertz CT molecular complexity index is 772. The molecule has 0 bridgehead atoms. The van der Waals surface area contributed by atoms with Crippen molar-refractivity contribution in [1.82, 2.24) is 4.90 Å². The van der Waals surface area contributed by atoms with Crippen LogP contribution in [-0.4, -0.2) is 40.4 Å². The third-order valence-corrected chi connectivity index (χ3v) is 6.99. The van der Waals surface area contributed by atoms with Crippen LogP contribution in [0.1, 0.15) is 68.3 Å². The summed E-state index contributed by atoms with van der Waals surface area (Å²) in [5.74, 6) is 0. The van der Waals surface area contributed by atoms with E-state index >= 15 is 0 Å². The second-order valence-electron chi connectivity index (χ2n) is 8.96. The van der Waals surface area contributed by atoms with Gasteiger partial charge < -0.3 is 19.5 Å². The van der Waals surface area contributed by atoms with Crippen LogP contribution in [0.5, 0.6) is 0 Å². The lowest BCUT2D eigenvalue weighted by Gasteiger charge is -2.50. The molecule has 0 saturated carbocycles. The molecule has 5 nitrogen and oxygen atoms in total. The van der Waals surface area contributed by atoms with Crippen molar-refractivity contribution < 1.29 is 32.5 Å². The predicted molar refractivity (Wildman–Crippen MR) is 103 cm³/mol. The van der Waals surface area contributed by atoms with E-state index in [1.807, 2.05) is 13.8 Å². The molecule has 1 N–H and O–H groups in total. The van der Waals surface area contributed by atoms with Gasteiger partial charge in [-0.2, -0.15) is 13.2 Å². The molecule has 1 amide bonds. The Morgan fingerprint density at radius 3 is 2.34 bits per heavy atom. The standard InChI is InChI=1S/C20H28F3NO4S/c1-11-8-19(9-12(2)24(11)17(26)28-18(3,4)5)15-13(6-7-27-19)14(10-25)16(29-15)20(21,22)23/h11-12,25H,6-10H2,1-5H3. The van der Waals surface area contributed by atoms with Gasteiger partial charge in [-0.15, -0.1) is 11.3 Å². The van der Waals surface area contributed by atoms with Gasteiger partial charge in [-0.3, -0.25) is 0 Å². The third-order valence-electron chi connectivity index (χ3n) is 5.48. The maximum atomic E-state index is 13.5. The van der Waals surface area contributed by atoms with Crippen molar-refractivity contribution in [1.29, 1.82) is 0 Å². The minimum absolute atomic E-state index is 0.0324. The van der Waals surface area contributed by atoms with Gasteiger partial charge in [-0.05, 0) is 46.6 Å². The highest BCUT2D eigenvalue weighted by molar-refractivity contribution is 7.12. The van der Waals surface area contributed by atoms with Gasteiger partial charge in [0.2, 0.25) is 0 Å². The van der Waals surface area contributed by atoms with E-state index in [0.717, 1.165) is 0 Å². The summed E-state index contributed by atoms with van der Waals surface area (Å²) >= 11 is 0.678. The zero-order valence-corrected chi connectivity index (χ0v) is 18.2. The third kappa shape index (κ3) is 4.14. The maximum absolute atomic E-state index is 13.5. The van der Waals surface area contributed by atoms with E-state index in [1.54, 1.807) is 25.7 Å². The molecule has 2 atom stereocenters. The van der Waals surface area contributed by atoms with Crippen molar-refractivity contribution in [2.45, 2.75) is 90.0 Å². The quantitative estimate of drug-likeness (QED) is 0.686. The second kappa shape index (κ2) is 7.42. The summed E-state index contributed by atoms with van der Waals surface area (Å²) in [5, 5.41) is 9.64. The van der Waals surface area contributed by atoms with Crippen LogP contribution in [-0.2, 0) is 34.3 Å². The van der Waals surface area contributed by atoms with Crippen LogP contribution in [0.2, 0.25) is 0 Å². The molecule has 0 aromatic carbocycles. The Morgan fingerprint density at radius 2 is 1.86 bits per heavy atom. The fourth-order valence-corrected chi connectivity index (χ4v) is 5.98. The Hall–Kier alpha value is -1.32. The molecule has 29 heavy (non-hydrogen) atoms. The molecule has 1 fully saturated rings. The van der Waals surface area contributed by atoms with Gasteiger partial charge in [-0.25, -0.2) is 4.79 Å². The van der Waals surface area contributed by atoms with Crippen molar-refractivity contribution in [3.05, 3.63) is 20.9 Å². The summed E-state index contributed by atoms with van der Waals surface area (Å²) in [5.41, 5.74) is -0.995. The van der Waals surface area contributed by atoms with Gasteiger partial charge in [0.25, 0.3) is 0 Å². The largest absolute Gasteiger partial charge is 0.444 e.